The molecule has 1 radical (unpaired) electrons. The third kappa shape index (κ3) is 2.80. The van der Waals surface area contributed by atoms with Crippen LogP contribution < -0.4 is 5.32 Å². The van der Waals surface area contributed by atoms with Gasteiger partial charge in [-0.15, -0.1) is 0 Å². The molecule has 3 heteroatoms. The van der Waals surface area contributed by atoms with Crippen molar-refractivity contribution < 1.29 is 24.8 Å². The summed E-state index contributed by atoms with van der Waals surface area (Å²) < 4.78 is 0. The molecular formula is C13H20NOV-. The van der Waals surface area contributed by atoms with Crippen molar-refractivity contribution in [2.45, 2.75) is 45.1 Å². The molecule has 1 N–H and O–H groups in total. The van der Waals surface area contributed by atoms with E-state index < -0.39 is 0 Å². The Morgan fingerprint density at radius 1 is 1.62 bits per heavy atom. The normalized spacial score (nSPS) is 31.4. The van der Waals surface area contributed by atoms with Crippen LogP contribution in [-0.2, 0) is 23.4 Å². The number of hydrogen-bond acceptors (Lipinski definition) is 1. The number of nitrogens with one attached hydrogen (secondary N) is 1. The van der Waals surface area contributed by atoms with E-state index in [2.05, 4.69) is 24.0 Å². The zero-order valence-electron chi connectivity index (χ0n) is 9.75. The molecule has 0 atom stereocenters. The Hall–Kier alpha value is -0.466. The van der Waals surface area contributed by atoms with Gasteiger partial charge in [0.25, 0.3) is 0 Å². The van der Waals surface area contributed by atoms with Crippen LogP contribution in [0.1, 0.15) is 40.5 Å². The summed E-state index contributed by atoms with van der Waals surface area (Å²) in [5.41, 5.74) is 1.09. The quantitative estimate of drug-likeness (QED) is 0.598. The first-order valence-corrected chi connectivity index (χ1v) is 5.63. The van der Waals surface area contributed by atoms with Gasteiger partial charge >= 0.3 is 0 Å². The Balaban J connectivity index is 0.00000128. The van der Waals surface area contributed by atoms with Crippen molar-refractivity contribution in [2.75, 3.05) is 0 Å². The van der Waals surface area contributed by atoms with Crippen molar-refractivity contribution in [1.29, 1.82) is 0 Å². The molecule has 89 valence electrons. The average molecular weight is 257 g/mol. The average Bonchev–Trinajstić information content (AvgIpc) is 2.16. The van der Waals surface area contributed by atoms with E-state index in [-0.39, 0.29) is 25.9 Å². The van der Waals surface area contributed by atoms with Crippen LogP contribution in [0.15, 0.2) is 18.2 Å². The Labute approximate surface area is 111 Å². The zero-order valence-corrected chi connectivity index (χ0v) is 11.1. The van der Waals surface area contributed by atoms with E-state index >= 15 is 0 Å². The molecule has 2 aliphatic carbocycles. The largest absolute Gasteiger partial charge is 0.501 e. The van der Waals surface area contributed by atoms with Crippen molar-refractivity contribution in [3.8, 4) is 0 Å². The second kappa shape index (κ2) is 5.24. The van der Waals surface area contributed by atoms with Gasteiger partial charge < -0.3 is 11.4 Å². The van der Waals surface area contributed by atoms with Gasteiger partial charge in [0.1, 0.15) is 0 Å². The fraction of sp³-hybridized carbons (Fsp3) is 0.615. The summed E-state index contributed by atoms with van der Waals surface area (Å²) in [6.45, 7) is 5.39. The maximum atomic E-state index is 11.4. The Kier molecular flexibility index (Phi) is 4.46. The third-order valence-corrected chi connectivity index (χ3v) is 3.56. The molecule has 2 aliphatic rings. The van der Waals surface area contributed by atoms with E-state index in [4.69, 9.17) is 0 Å². The Morgan fingerprint density at radius 2 is 2.31 bits per heavy atom. The molecule has 1 spiro atoms. The number of hydrogen-bond donors (Lipinski definition) is 1. The van der Waals surface area contributed by atoms with Crippen molar-refractivity contribution in [2.24, 2.45) is 5.41 Å². The van der Waals surface area contributed by atoms with E-state index in [1.165, 1.54) is 6.42 Å². The van der Waals surface area contributed by atoms with Crippen LogP contribution in [0.3, 0.4) is 0 Å². The zero-order chi connectivity index (χ0) is 10.9. The molecule has 2 rings (SSSR count). The summed E-state index contributed by atoms with van der Waals surface area (Å²) in [4.78, 5) is 11.4. The van der Waals surface area contributed by atoms with Gasteiger partial charge in [-0.2, -0.15) is 6.42 Å². The summed E-state index contributed by atoms with van der Waals surface area (Å²) >= 11 is 0. The number of rotatable bonds is 2. The Bertz CT molecular complexity index is 321. The topological polar surface area (TPSA) is 29.1 Å². The van der Waals surface area contributed by atoms with Gasteiger partial charge in [0.2, 0.25) is 5.91 Å². The smallest absolute Gasteiger partial charge is 0.246 e. The molecule has 0 saturated heterocycles. The Morgan fingerprint density at radius 3 is 2.81 bits per heavy atom. The predicted octanol–water partition coefficient (Wildman–Crippen LogP) is 2.61. The maximum absolute atomic E-state index is 11.4. The molecule has 0 aromatic heterocycles. The molecule has 1 fully saturated rings. The molecular weight excluding hydrogens is 237 g/mol. The summed E-state index contributed by atoms with van der Waals surface area (Å²) in [6.07, 6.45) is 11.1. The van der Waals surface area contributed by atoms with Crippen molar-refractivity contribution in [1.82, 2.24) is 5.32 Å². The van der Waals surface area contributed by atoms with Crippen LogP contribution in [0.4, 0.5) is 0 Å². The number of allylic oxidation sites excluding steroid dienone is 2. The minimum Gasteiger partial charge on any atom is -0.501 e. The maximum Gasteiger partial charge on any atom is 0.246 e. The number of amides is 1. The SMILES string of the molecule is C=C(C)C(=O)NC1CC2(CC=[C-]CC2)C1.[HH].[V]. The number of carbonyl (C=O) groups is 1. The molecule has 0 bridgehead atoms. The summed E-state index contributed by atoms with van der Waals surface area (Å²) in [7, 11) is 0. The van der Waals surface area contributed by atoms with E-state index in [0.717, 1.165) is 25.7 Å². The van der Waals surface area contributed by atoms with Gasteiger partial charge in [0.15, 0.2) is 0 Å². The monoisotopic (exact) mass is 257 g/mol. The van der Waals surface area contributed by atoms with Crippen molar-refractivity contribution in [3.05, 3.63) is 24.3 Å². The minimum absolute atomic E-state index is 0. The van der Waals surface area contributed by atoms with Gasteiger partial charge in [0, 0.05) is 31.6 Å². The fourth-order valence-electron chi connectivity index (χ4n) is 2.60. The summed E-state index contributed by atoms with van der Waals surface area (Å²) in [5.74, 6) is 0.00719. The van der Waals surface area contributed by atoms with Crippen LogP contribution in [0, 0.1) is 11.5 Å². The summed E-state index contributed by atoms with van der Waals surface area (Å²) in [6, 6.07) is 0.376. The fourth-order valence-corrected chi connectivity index (χ4v) is 2.60. The van der Waals surface area contributed by atoms with Crippen LogP contribution in [-0.4, -0.2) is 11.9 Å². The molecule has 0 aliphatic heterocycles. The van der Waals surface area contributed by atoms with E-state index in [1.807, 2.05) is 0 Å². The molecule has 0 aromatic rings. The van der Waals surface area contributed by atoms with E-state index in [0.29, 0.717) is 17.0 Å². The number of carbonyl (C=O) groups excluding carboxylic acids is 1. The first kappa shape index (κ1) is 13.6. The van der Waals surface area contributed by atoms with Crippen LogP contribution in [0.2, 0.25) is 0 Å². The van der Waals surface area contributed by atoms with Gasteiger partial charge in [0.05, 0.1) is 0 Å². The summed E-state index contributed by atoms with van der Waals surface area (Å²) in [5, 5.41) is 3.01. The van der Waals surface area contributed by atoms with Gasteiger partial charge in [-0.25, -0.2) is 0 Å². The molecule has 16 heavy (non-hydrogen) atoms. The molecule has 0 unspecified atom stereocenters. The van der Waals surface area contributed by atoms with Crippen LogP contribution >= 0.6 is 0 Å². The van der Waals surface area contributed by atoms with Gasteiger partial charge in [-0.05, 0) is 25.2 Å². The van der Waals surface area contributed by atoms with Crippen LogP contribution in [0.5, 0.6) is 0 Å². The first-order chi connectivity index (χ1) is 7.11. The molecule has 1 saturated carbocycles. The van der Waals surface area contributed by atoms with Crippen LogP contribution in [0.25, 0.3) is 0 Å². The van der Waals surface area contributed by atoms with Gasteiger partial charge in [-0.1, -0.05) is 19.4 Å². The molecule has 1 amide bonds. The van der Waals surface area contributed by atoms with E-state index in [1.54, 1.807) is 6.92 Å². The first-order valence-electron chi connectivity index (χ1n) is 5.63. The second-order valence-electron chi connectivity index (χ2n) is 4.97. The van der Waals surface area contributed by atoms with Crippen molar-refractivity contribution >= 4 is 5.91 Å². The second-order valence-corrected chi connectivity index (χ2v) is 4.97. The third-order valence-electron chi connectivity index (χ3n) is 3.56. The predicted molar refractivity (Wildman–Crippen MR) is 62.2 cm³/mol. The standard InChI is InChI=1S/C13H18NO.V.H2/c1-10(2)12(15)14-11-8-13(9-11)6-4-3-5-7-13;;/h4,11H,1,5-9H2,2H3,(H,14,15);;1H/q-1;;. The van der Waals surface area contributed by atoms with Gasteiger partial charge in [-0.3, -0.25) is 10.9 Å². The molecule has 0 aromatic carbocycles. The van der Waals surface area contributed by atoms with E-state index in [9.17, 15) is 4.79 Å². The molecule has 0 heterocycles. The minimum atomic E-state index is 0. The van der Waals surface area contributed by atoms with Crippen molar-refractivity contribution in [3.63, 3.8) is 0 Å². The molecule has 2 nitrogen and oxygen atoms in total.